The topological polar surface area (TPSA) is 46.3 Å². The van der Waals surface area contributed by atoms with Gasteiger partial charge in [-0.15, -0.1) is 0 Å². The third-order valence-electron chi connectivity index (χ3n) is 1.18. The van der Waals surface area contributed by atoms with Crippen LogP contribution >= 0.6 is 27.7 Å². The zero-order valence-electron chi connectivity index (χ0n) is 6.66. The van der Waals surface area contributed by atoms with Crippen LogP contribution in [0.4, 0.5) is 0 Å². The van der Waals surface area contributed by atoms with E-state index in [1.165, 1.54) is 11.8 Å². The molecule has 12 heavy (non-hydrogen) atoms. The first kappa shape index (κ1) is 10.1. The average Bonchev–Trinajstić information content (AvgIpc) is 2.47. The van der Waals surface area contributed by atoms with Gasteiger partial charge < -0.3 is 9.52 Å². The summed E-state index contributed by atoms with van der Waals surface area (Å²) in [6.07, 6.45) is 1.25. The fourth-order valence-electron chi connectivity index (χ4n) is 0.611. The summed E-state index contributed by atoms with van der Waals surface area (Å²) in [6, 6.07) is 0. The minimum absolute atomic E-state index is 0.345. The van der Waals surface area contributed by atoms with Crippen molar-refractivity contribution in [3.8, 4) is 0 Å². The Hall–Kier alpha value is -0.000000000000000111. The summed E-state index contributed by atoms with van der Waals surface area (Å²) in [5.41, 5.74) is 0.867. The predicted molar refractivity (Wildman–Crippen MR) is 51.8 cm³/mol. The van der Waals surface area contributed by atoms with Crippen LogP contribution in [0.5, 0.6) is 0 Å². The van der Waals surface area contributed by atoms with E-state index in [1.54, 1.807) is 6.26 Å². The molecule has 5 heteroatoms. The molecule has 0 aromatic carbocycles. The van der Waals surface area contributed by atoms with Gasteiger partial charge in [0.2, 0.25) is 0 Å². The molecule has 0 saturated heterocycles. The Morgan fingerprint density at radius 2 is 2.58 bits per heavy atom. The van der Waals surface area contributed by atoms with Crippen LogP contribution in [0.3, 0.4) is 0 Å². The lowest BCUT2D eigenvalue weighted by atomic mass is 10.5. The lowest BCUT2D eigenvalue weighted by molar-refractivity contribution is 0.226. The second-order valence-corrected chi connectivity index (χ2v) is 3.99. The van der Waals surface area contributed by atoms with Crippen molar-refractivity contribution in [2.24, 2.45) is 0 Å². The van der Waals surface area contributed by atoms with Gasteiger partial charge in [-0.2, -0.15) is 0 Å². The number of oxazole rings is 1. The fourth-order valence-corrected chi connectivity index (χ4v) is 1.92. The number of aliphatic hydroxyl groups is 1. The number of hydrogen-bond acceptors (Lipinski definition) is 4. The van der Waals surface area contributed by atoms with Crippen molar-refractivity contribution in [3.05, 3.63) is 12.0 Å². The molecule has 0 saturated carbocycles. The fraction of sp³-hybridized carbons (Fsp3) is 0.571. The van der Waals surface area contributed by atoms with Gasteiger partial charge in [0.15, 0.2) is 0 Å². The zero-order chi connectivity index (χ0) is 8.97. The monoisotopic (exact) mass is 251 g/mol. The molecule has 1 unspecified atom stereocenters. The molecular weight excluding hydrogens is 242 g/mol. The quantitative estimate of drug-likeness (QED) is 0.656. The molecule has 68 valence electrons. The van der Waals surface area contributed by atoms with Gasteiger partial charge >= 0.3 is 0 Å². The molecule has 0 aliphatic heterocycles. The number of hydrogen-bond donors (Lipinski definition) is 1. The van der Waals surface area contributed by atoms with Crippen molar-refractivity contribution in [1.29, 1.82) is 0 Å². The Kier molecular flexibility index (Phi) is 4.11. The summed E-state index contributed by atoms with van der Waals surface area (Å²) < 4.78 is 5.08. The van der Waals surface area contributed by atoms with E-state index in [4.69, 9.17) is 4.42 Å². The lowest BCUT2D eigenvalue weighted by Gasteiger charge is -2.02. The van der Waals surface area contributed by atoms with Gasteiger partial charge in [-0.05, 0) is 6.92 Å². The Balaban J connectivity index is 2.33. The molecule has 0 aliphatic carbocycles. The van der Waals surface area contributed by atoms with E-state index in [0.29, 0.717) is 16.3 Å². The van der Waals surface area contributed by atoms with Crippen LogP contribution in [0.2, 0.25) is 0 Å². The molecule has 1 aromatic rings. The number of nitrogens with zero attached hydrogens (tertiary/aromatic N) is 1. The number of aliphatic hydroxyl groups excluding tert-OH is 1. The first-order valence-corrected chi connectivity index (χ1v) is 5.62. The molecule has 0 radical (unpaired) electrons. The highest BCUT2D eigenvalue weighted by Crippen LogP contribution is 2.17. The first-order valence-electron chi connectivity index (χ1n) is 3.51. The maximum Gasteiger partial charge on any atom is 0.255 e. The Bertz CT molecular complexity index is 241. The molecule has 1 rings (SSSR count). The van der Waals surface area contributed by atoms with Gasteiger partial charge in [-0.3, -0.25) is 0 Å². The van der Waals surface area contributed by atoms with E-state index in [1.807, 2.05) is 6.92 Å². The summed E-state index contributed by atoms with van der Waals surface area (Å²) in [4.78, 5) is 4.09. The highest BCUT2D eigenvalue weighted by atomic mass is 79.9. The van der Waals surface area contributed by atoms with Crippen molar-refractivity contribution in [2.75, 3.05) is 11.1 Å². The lowest BCUT2D eigenvalue weighted by Crippen LogP contribution is -2.10. The van der Waals surface area contributed by atoms with Crippen molar-refractivity contribution < 1.29 is 9.52 Å². The van der Waals surface area contributed by atoms with Crippen LogP contribution < -0.4 is 0 Å². The second kappa shape index (κ2) is 4.89. The molecular formula is C7H10BrNO2S. The highest BCUT2D eigenvalue weighted by molar-refractivity contribution is 9.09. The van der Waals surface area contributed by atoms with Crippen molar-refractivity contribution >= 4 is 27.7 Å². The van der Waals surface area contributed by atoms with E-state index in [0.717, 1.165) is 5.69 Å². The molecule has 0 spiro atoms. The second-order valence-electron chi connectivity index (χ2n) is 2.37. The van der Waals surface area contributed by atoms with Crippen LogP contribution in [0, 0.1) is 6.92 Å². The summed E-state index contributed by atoms with van der Waals surface area (Å²) >= 11 is 4.60. The van der Waals surface area contributed by atoms with Crippen LogP contribution in [0.1, 0.15) is 5.69 Å². The molecule has 1 heterocycles. The highest BCUT2D eigenvalue weighted by Gasteiger charge is 2.06. The molecule has 0 fully saturated rings. The molecule has 0 bridgehead atoms. The molecule has 0 amide bonds. The van der Waals surface area contributed by atoms with Gasteiger partial charge in [-0.1, -0.05) is 27.7 Å². The van der Waals surface area contributed by atoms with Crippen molar-refractivity contribution in [1.82, 2.24) is 4.98 Å². The molecule has 3 nitrogen and oxygen atoms in total. The minimum Gasteiger partial charge on any atom is -0.440 e. The number of alkyl halides is 1. The first-order chi connectivity index (χ1) is 5.72. The average molecular weight is 252 g/mol. The number of thioether (sulfide) groups is 1. The third kappa shape index (κ3) is 3.16. The Labute approximate surface area is 83.7 Å². The Morgan fingerprint density at radius 3 is 3.08 bits per heavy atom. The summed E-state index contributed by atoms with van der Waals surface area (Å²) in [7, 11) is 0. The number of halogens is 1. The van der Waals surface area contributed by atoms with E-state index in [-0.39, 0.29) is 6.10 Å². The van der Waals surface area contributed by atoms with E-state index in [2.05, 4.69) is 20.9 Å². The van der Waals surface area contributed by atoms with Crippen LogP contribution in [0.25, 0.3) is 0 Å². The molecule has 1 atom stereocenters. The smallest absolute Gasteiger partial charge is 0.255 e. The largest absolute Gasteiger partial charge is 0.440 e. The van der Waals surface area contributed by atoms with Gasteiger partial charge in [0.25, 0.3) is 5.22 Å². The summed E-state index contributed by atoms with van der Waals surface area (Å²) in [5, 5.41) is 10.4. The molecule has 1 aromatic heterocycles. The number of rotatable bonds is 4. The Morgan fingerprint density at radius 1 is 1.83 bits per heavy atom. The third-order valence-corrected chi connectivity index (χ3v) is 2.91. The maximum absolute atomic E-state index is 9.19. The van der Waals surface area contributed by atoms with E-state index < -0.39 is 0 Å². The molecule has 0 aliphatic rings. The van der Waals surface area contributed by atoms with Crippen molar-refractivity contribution in [2.45, 2.75) is 18.3 Å². The number of aryl methyl sites for hydroxylation is 1. The summed E-state index contributed by atoms with van der Waals surface area (Å²) in [6.45, 7) is 1.87. The minimum atomic E-state index is -0.345. The predicted octanol–water partition coefficient (Wildman–Crippen LogP) is 1.83. The van der Waals surface area contributed by atoms with Gasteiger partial charge in [0.05, 0.1) is 11.8 Å². The summed E-state index contributed by atoms with van der Waals surface area (Å²) in [5.74, 6) is 0.602. The van der Waals surface area contributed by atoms with E-state index in [9.17, 15) is 5.11 Å². The number of aromatic nitrogens is 1. The van der Waals surface area contributed by atoms with Crippen LogP contribution in [-0.2, 0) is 0 Å². The van der Waals surface area contributed by atoms with Gasteiger partial charge in [0, 0.05) is 11.1 Å². The van der Waals surface area contributed by atoms with Crippen LogP contribution in [-0.4, -0.2) is 27.3 Å². The zero-order valence-corrected chi connectivity index (χ0v) is 9.06. The van der Waals surface area contributed by atoms with Crippen molar-refractivity contribution in [3.63, 3.8) is 0 Å². The maximum atomic E-state index is 9.19. The molecule has 1 N–H and O–H groups in total. The van der Waals surface area contributed by atoms with E-state index >= 15 is 0 Å². The SMILES string of the molecule is Cc1coc(SCC(O)CBr)n1. The van der Waals surface area contributed by atoms with Crippen LogP contribution in [0.15, 0.2) is 15.9 Å². The standard InChI is InChI=1S/C7H10BrNO2S/c1-5-3-11-7(9-5)12-4-6(10)2-8/h3,6,10H,2,4H2,1H3. The van der Waals surface area contributed by atoms with Gasteiger partial charge in [0.1, 0.15) is 6.26 Å². The normalized spacial score (nSPS) is 13.2. The van der Waals surface area contributed by atoms with Gasteiger partial charge in [-0.25, -0.2) is 4.98 Å².